The molecule has 5 heteroatoms. The van der Waals surface area contributed by atoms with E-state index in [0.717, 1.165) is 42.0 Å². The van der Waals surface area contributed by atoms with Crippen molar-refractivity contribution in [3.8, 4) is 5.75 Å². The molecule has 5 nitrogen and oxygen atoms in total. The maximum absolute atomic E-state index is 12.0. The summed E-state index contributed by atoms with van der Waals surface area (Å²) in [7, 11) is 0. The maximum Gasteiger partial charge on any atom is 0.220 e. The molecule has 1 unspecified atom stereocenters. The van der Waals surface area contributed by atoms with Gasteiger partial charge in [0.15, 0.2) is 0 Å². The number of benzene rings is 2. The normalized spacial score (nSPS) is 12.1. The molecule has 0 aliphatic heterocycles. The molecule has 0 saturated carbocycles. The van der Waals surface area contributed by atoms with Crippen LogP contribution in [0.2, 0.25) is 0 Å². The van der Waals surface area contributed by atoms with Gasteiger partial charge < -0.3 is 14.6 Å². The van der Waals surface area contributed by atoms with E-state index in [4.69, 9.17) is 9.72 Å². The van der Waals surface area contributed by atoms with Gasteiger partial charge >= 0.3 is 0 Å². The number of ether oxygens (including phenoxy) is 1. The third-order valence-electron chi connectivity index (χ3n) is 4.71. The standard InChI is InChI=1S/C23H29N3O2/c1-4-9-22(27)24-18(3)23-25-20-12-5-6-13-21(20)26(23)14-8-15-28-19-11-7-10-17(2)16-19/h5-7,10-13,16,18H,4,8-9,14-15H2,1-3H3,(H,24,27). The van der Waals surface area contributed by atoms with Gasteiger partial charge in [-0.3, -0.25) is 4.79 Å². The summed E-state index contributed by atoms with van der Waals surface area (Å²) >= 11 is 0. The van der Waals surface area contributed by atoms with Crippen molar-refractivity contribution in [2.24, 2.45) is 0 Å². The van der Waals surface area contributed by atoms with Gasteiger partial charge in [0.25, 0.3) is 0 Å². The second-order valence-corrected chi connectivity index (χ2v) is 7.17. The first-order chi connectivity index (χ1) is 13.6. The molecule has 1 atom stereocenters. The molecule has 1 aromatic heterocycles. The summed E-state index contributed by atoms with van der Waals surface area (Å²) in [6.07, 6.45) is 2.23. The van der Waals surface area contributed by atoms with Crippen molar-refractivity contribution >= 4 is 16.9 Å². The van der Waals surface area contributed by atoms with E-state index < -0.39 is 0 Å². The molecule has 0 aliphatic carbocycles. The van der Waals surface area contributed by atoms with Crippen molar-refractivity contribution < 1.29 is 9.53 Å². The minimum atomic E-state index is -0.135. The van der Waals surface area contributed by atoms with E-state index in [1.54, 1.807) is 0 Å². The van der Waals surface area contributed by atoms with Crippen molar-refractivity contribution in [1.29, 1.82) is 0 Å². The van der Waals surface area contributed by atoms with Gasteiger partial charge in [-0.25, -0.2) is 4.98 Å². The number of hydrogen-bond acceptors (Lipinski definition) is 3. The van der Waals surface area contributed by atoms with Gasteiger partial charge in [-0.05, 0) is 56.5 Å². The lowest BCUT2D eigenvalue weighted by Gasteiger charge is -2.16. The first-order valence-electron chi connectivity index (χ1n) is 10.0. The number of amides is 1. The molecule has 0 saturated heterocycles. The number of imidazole rings is 1. The number of nitrogens with one attached hydrogen (secondary N) is 1. The highest BCUT2D eigenvalue weighted by atomic mass is 16.5. The minimum Gasteiger partial charge on any atom is -0.494 e. The Morgan fingerprint density at radius 1 is 1.21 bits per heavy atom. The van der Waals surface area contributed by atoms with Crippen LogP contribution in [0.25, 0.3) is 11.0 Å². The molecule has 2 aromatic carbocycles. The molecule has 3 aromatic rings. The third-order valence-corrected chi connectivity index (χ3v) is 4.71. The number of aromatic nitrogens is 2. The van der Waals surface area contributed by atoms with E-state index >= 15 is 0 Å². The summed E-state index contributed by atoms with van der Waals surface area (Å²) in [5.74, 6) is 1.86. The summed E-state index contributed by atoms with van der Waals surface area (Å²) in [6, 6.07) is 16.1. The number of fused-ring (bicyclic) bond motifs is 1. The zero-order chi connectivity index (χ0) is 19.9. The Balaban J connectivity index is 1.70. The highest BCUT2D eigenvalue weighted by Crippen LogP contribution is 2.22. The van der Waals surface area contributed by atoms with Crippen LogP contribution < -0.4 is 10.1 Å². The molecule has 0 aliphatic rings. The SMILES string of the molecule is CCCC(=O)NC(C)c1nc2ccccc2n1CCCOc1cccc(C)c1. The molecule has 0 bridgehead atoms. The van der Waals surface area contributed by atoms with Gasteiger partial charge in [0.1, 0.15) is 11.6 Å². The van der Waals surface area contributed by atoms with Crippen LogP contribution in [0.5, 0.6) is 5.75 Å². The van der Waals surface area contributed by atoms with E-state index in [2.05, 4.69) is 28.9 Å². The average molecular weight is 380 g/mol. The number of carbonyl (C=O) groups is 1. The van der Waals surface area contributed by atoms with E-state index in [-0.39, 0.29) is 11.9 Å². The largest absolute Gasteiger partial charge is 0.494 e. The van der Waals surface area contributed by atoms with Crippen LogP contribution in [0.1, 0.15) is 50.5 Å². The zero-order valence-corrected chi connectivity index (χ0v) is 16.9. The summed E-state index contributed by atoms with van der Waals surface area (Å²) in [5, 5.41) is 3.07. The number of para-hydroxylation sites is 2. The van der Waals surface area contributed by atoms with E-state index in [9.17, 15) is 4.79 Å². The Morgan fingerprint density at radius 2 is 2.04 bits per heavy atom. The van der Waals surface area contributed by atoms with Crippen LogP contribution in [0.3, 0.4) is 0 Å². The Morgan fingerprint density at radius 3 is 2.82 bits per heavy atom. The Hall–Kier alpha value is -2.82. The number of carbonyl (C=O) groups excluding carboxylic acids is 1. The molecule has 148 valence electrons. The van der Waals surface area contributed by atoms with Crippen LogP contribution in [0.4, 0.5) is 0 Å². The molecule has 1 heterocycles. The lowest BCUT2D eigenvalue weighted by Crippen LogP contribution is -2.28. The molecular formula is C23H29N3O2. The predicted molar refractivity (Wildman–Crippen MR) is 112 cm³/mol. The van der Waals surface area contributed by atoms with Crippen molar-refractivity contribution in [1.82, 2.24) is 14.9 Å². The van der Waals surface area contributed by atoms with Gasteiger partial charge in [0.2, 0.25) is 5.91 Å². The second-order valence-electron chi connectivity index (χ2n) is 7.17. The van der Waals surface area contributed by atoms with Crippen molar-refractivity contribution in [2.45, 2.75) is 52.6 Å². The van der Waals surface area contributed by atoms with Crippen LogP contribution in [-0.4, -0.2) is 22.1 Å². The summed E-state index contributed by atoms with van der Waals surface area (Å²) in [6.45, 7) is 7.48. The van der Waals surface area contributed by atoms with Crippen LogP contribution >= 0.6 is 0 Å². The van der Waals surface area contributed by atoms with Crippen molar-refractivity contribution in [2.75, 3.05) is 6.61 Å². The molecule has 0 spiro atoms. The van der Waals surface area contributed by atoms with Gasteiger partial charge in [0, 0.05) is 13.0 Å². The predicted octanol–water partition coefficient (Wildman–Crippen LogP) is 4.79. The van der Waals surface area contributed by atoms with Crippen molar-refractivity contribution in [3.63, 3.8) is 0 Å². The van der Waals surface area contributed by atoms with Crippen LogP contribution in [-0.2, 0) is 11.3 Å². The molecule has 3 rings (SSSR count). The average Bonchev–Trinajstić information content (AvgIpc) is 3.04. The topological polar surface area (TPSA) is 56.2 Å². The molecular weight excluding hydrogens is 350 g/mol. The fourth-order valence-corrected chi connectivity index (χ4v) is 3.38. The molecule has 1 amide bonds. The van der Waals surface area contributed by atoms with E-state index in [1.165, 1.54) is 5.56 Å². The maximum atomic E-state index is 12.0. The zero-order valence-electron chi connectivity index (χ0n) is 16.9. The van der Waals surface area contributed by atoms with Gasteiger partial charge in [0.05, 0.1) is 23.7 Å². The van der Waals surface area contributed by atoms with Crippen LogP contribution in [0, 0.1) is 6.92 Å². The highest BCUT2D eigenvalue weighted by Gasteiger charge is 2.18. The highest BCUT2D eigenvalue weighted by molar-refractivity contribution is 5.78. The first kappa shape index (κ1) is 19.9. The molecule has 0 fully saturated rings. The van der Waals surface area contributed by atoms with E-state index in [1.807, 2.05) is 50.2 Å². The smallest absolute Gasteiger partial charge is 0.220 e. The molecule has 0 radical (unpaired) electrons. The fourth-order valence-electron chi connectivity index (χ4n) is 3.38. The van der Waals surface area contributed by atoms with Crippen molar-refractivity contribution in [3.05, 3.63) is 59.9 Å². The number of nitrogens with zero attached hydrogens (tertiary/aromatic N) is 2. The quantitative estimate of drug-likeness (QED) is 0.544. The minimum absolute atomic E-state index is 0.0661. The molecule has 28 heavy (non-hydrogen) atoms. The first-order valence-corrected chi connectivity index (χ1v) is 10.0. The Kier molecular flexibility index (Phi) is 6.69. The summed E-state index contributed by atoms with van der Waals surface area (Å²) in [4.78, 5) is 16.8. The number of aryl methyl sites for hydroxylation is 2. The Bertz CT molecular complexity index is 932. The van der Waals surface area contributed by atoms with Gasteiger partial charge in [-0.1, -0.05) is 31.2 Å². The van der Waals surface area contributed by atoms with Gasteiger partial charge in [-0.2, -0.15) is 0 Å². The fraction of sp³-hybridized carbons (Fsp3) is 0.391. The lowest BCUT2D eigenvalue weighted by atomic mass is 10.2. The second kappa shape index (κ2) is 9.40. The van der Waals surface area contributed by atoms with E-state index in [0.29, 0.717) is 13.0 Å². The monoisotopic (exact) mass is 379 g/mol. The van der Waals surface area contributed by atoms with Gasteiger partial charge in [-0.15, -0.1) is 0 Å². The lowest BCUT2D eigenvalue weighted by molar-refractivity contribution is -0.121. The third kappa shape index (κ3) is 4.91. The summed E-state index contributed by atoms with van der Waals surface area (Å²) in [5.41, 5.74) is 3.23. The number of rotatable bonds is 9. The summed E-state index contributed by atoms with van der Waals surface area (Å²) < 4.78 is 8.09. The Labute approximate surface area is 166 Å². The molecule has 1 N–H and O–H groups in total. The number of hydrogen-bond donors (Lipinski definition) is 1. The van der Waals surface area contributed by atoms with Crippen LogP contribution in [0.15, 0.2) is 48.5 Å².